The maximum Gasteiger partial charge on any atom is 0.123 e. The number of hydrogen-bond donors (Lipinski definition) is 1. The van der Waals surface area contributed by atoms with Crippen molar-refractivity contribution >= 4 is 22.9 Å². The van der Waals surface area contributed by atoms with Gasteiger partial charge in [-0.1, -0.05) is 29.3 Å². The van der Waals surface area contributed by atoms with Gasteiger partial charge in [0.05, 0.1) is 4.34 Å². The van der Waals surface area contributed by atoms with E-state index in [2.05, 4.69) is 19.1 Å². The maximum atomic E-state index is 5.91. The van der Waals surface area contributed by atoms with E-state index in [1.54, 1.807) is 11.3 Å². The third-order valence-electron chi connectivity index (χ3n) is 2.76. The molecule has 19 heavy (non-hydrogen) atoms. The van der Waals surface area contributed by atoms with E-state index in [1.807, 2.05) is 25.1 Å². The number of thiophene rings is 1. The van der Waals surface area contributed by atoms with Crippen LogP contribution in [0, 0.1) is 6.92 Å². The molecule has 102 valence electrons. The van der Waals surface area contributed by atoms with E-state index in [0.29, 0.717) is 6.61 Å². The molecule has 4 heteroatoms. The van der Waals surface area contributed by atoms with Crippen LogP contribution >= 0.6 is 22.9 Å². The fraction of sp³-hybridized carbons (Fsp3) is 0.333. The normalized spacial score (nSPS) is 12.4. The second-order valence-corrected chi connectivity index (χ2v) is 6.59. The largest absolute Gasteiger partial charge is 0.488 e. The van der Waals surface area contributed by atoms with Crippen LogP contribution in [0.5, 0.6) is 5.75 Å². The Labute approximate surface area is 123 Å². The fourth-order valence-corrected chi connectivity index (χ4v) is 2.93. The summed E-state index contributed by atoms with van der Waals surface area (Å²) in [6.07, 6.45) is 0.822. The lowest BCUT2D eigenvalue weighted by molar-refractivity contribution is 0.306. The van der Waals surface area contributed by atoms with Crippen LogP contribution in [0.1, 0.15) is 22.9 Å². The molecule has 0 spiro atoms. The van der Waals surface area contributed by atoms with E-state index < -0.39 is 0 Å². The Morgan fingerprint density at radius 2 is 2.11 bits per heavy atom. The average Bonchev–Trinajstić information content (AvgIpc) is 2.73. The Balaban J connectivity index is 2.10. The third kappa shape index (κ3) is 4.23. The van der Waals surface area contributed by atoms with Crippen LogP contribution in [-0.4, -0.2) is 6.04 Å². The van der Waals surface area contributed by atoms with Crippen molar-refractivity contribution in [2.24, 2.45) is 5.73 Å². The third-order valence-corrected chi connectivity index (χ3v) is 3.96. The lowest BCUT2D eigenvalue weighted by Gasteiger charge is -2.13. The minimum Gasteiger partial charge on any atom is -0.488 e. The summed E-state index contributed by atoms with van der Waals surface area (Å²) >= 11 is 7.46. The summed E-state index contributed by atoms with van der Waals surface area (Å²) < 4.78 is 6.68. The van der Waals surface area contributed by atoms with Gasteiger partial charge in [-0.05, 0) is 44.0 Å². The lowest BCUT2D eigenvalue weighted by Crippen LogP contribution is -2.18. The molecular formula is C15H18ClNOS. The monoisotopic (exact) mass is 295 g/mol. The lowest BCUT2D eigenvalue weighted by atomic mass is 10.0. The SMILES string of the molecule is Cc1ccc(OCc2ccc(Cl)s2)c(CC(C)N)c1. The molecule has 1 heterocycles. The molecule has 0 aliphatic rings. The van der Waals surface area contributed by atoms with Crippen molar-refractivity contribution in [2.45, 2.75) is 32.9 Å². The molecule has 2 aromatic rings. The van der Waals surface area contributed by atoms with Gasteiger partial charge in [-0.3, -0.25) is 0 Å². The van der Waals surface area contributed by atoms with E-state index in [9.17, 15) is 0 Å². The highest BCUT2D eigenvalue weighted by Gasteiger charge is 2.08. The topological polar surface area (TPSA) is 35.2 Å². The van der Waals surface area contributed by atoms with Gasteiger partial charge in [0.15, 0.2) is 0 Å². The zero-order chi connectivity index (χ0) is 13.8. The first-order chi connectivity index (χ1) is 9.04. The molecule has 2 nitrogen and oxygen atoms in total. The summed E-state index contributed by atoms with van der Waals surface area (Å²) in [5.74, 6) is 0.910. The first kappa shape index (κ1) is 14.4. The van der Waals surface area contributed by atoms with Crippen molar-refractivity contribution in [3.8, 4) is 5.75 Å². The molecule has 0 saturated heterocycles. The standard InChI is InChI=1S/C15H18ClNOS/c1-10-3-5-14(12(7-10)8-11(2)17)18-9-13-4-6-15(16)19-13/h3-7,11H,8-9,17H2,1-2H3. The van der Waals surface area contributed by atoms with E-state index in [-0.39, 0.29) is 6.04 Å². The zero-order valence-corrected chi connectivity index (χ0v) is 12.7. The number of benzene rings is 1. The van der Waals surface area contributed by atoms with E-state index in [1.165, 1.54) is 5.56 Å². The molecule has 0 amide bonds. The number of rotatable bonds is 5. The Morgan fingerprint density at radius 1 is 1.32 bits per heavy atom. The van der Waals surface area contributed by atoms with Gasteiger partial charge in [-0.15, -0.1) is 11.3 Å². The van der Waals surface area contributed by atoms with Crippen molar-refractivity contribution in [3.63, 3.8) is 0 Å². The predicted octanol–water partition coefficient (Wildman–Crippen LogP) is 4.18. The smallest absolute Gasteiger partial charge is 0.123 e. The molecule has 0 saturated carbocycles. The van der Waals surface area contributed by atoms with Gasteiger partial charge in [0.25, 0.3) is 0 Å². The Hall–Kier alpha value is -1.03. The maximum absolute atomic E-state index is 5.91. The van der Waals surface area contributed by atoms with Crippen LogP contribution in [0.4, 0.5) is 0 Å². The Bertz CT molecular complexity index is 551. The van der Waals surface area contributed by atoms with Crippen LogP contribution in [0.3, 0.4) is 0 Å². The molecule has 0 fully saturated rings. The molecule has 2 N–H and O–H groups in total. The molecule has 1 unspecified atom stereocenters. The highest BCUT2D eigenvalue weighted by molar-refractivity contribution is 7.16. The summed E-state index contributed by atoms with van der Waals surface area (Å²) in [7, 11) is 0. The van der Waals surface area contributed by atoms with Gasteiger partial charge in [0.2, 0.25) is 0 Å². The zero-order valence-electron chi connectivity index (χ0n) is 11.2. The first-order valence-electron chi connectivity index (χ1n) is 6.26. The highest BCUT2D eigenvalue weighted by atomic mass is 35.5. The molecule has 0 aliphatic carbocycles. The first-order valence-corrected chi connectivity index (χ1v) is 7.46. The molecule has 0 bridgehead atoms. The summed E-state index contributed by atoms with van der Waals surface area (Å²) in [5.41, 5.74) is 8.27. The molecular weight excluding hydrogens is 278 g/mol. The number of ether oxygens (including phenoxy) is 1. The summed E-state index contributed by atoms with van der Waals surface area (Å²) in [4.78, 5) is 1.12. The van der Waals surface area contributed by atoms with Crippen LogP contribution < -0.4 is 10.5 Å². The van der Waals surface area contributed by atoms with Gasteiger partial charge in [-0.2, -0.15) is 0 Å². The second kappa shape index (κ2) is 6.42. The van der Waals surface area contributed by atoms with Crippen molar-refractivity contribution in [2.75, 3.05) is 0 Å². The number of halogens is 1. The Kier molecular flexibility index (Phi) is 4.86. The quantitative estimate of drug-likeness (QED) is 0.898. The second-order valence-electron chi connectivity index (χ2n) is 4.79. The predicted molar refractivity (Wildman–Crippen MR) is 82.2 cm³/mol. The van der Waals surface area contributed by atoms with Gasteiger partial charge in [-0.25, -0.2) is 0 Å². The minimum absolute atomic E-state index is 0.125. The van der Waals surface area contributed by atoms with Crippen LogP contribution in [0.15, 0.2) is 30.3 Å². The average molecular weight is 296 g/mol. The molecule has 2 rings (SSSR count). The number of hydrogen-bond acceptors (Lipinski definition) is 3. The summed E-state index contributed by atoms with van der Waals surface area (Å²) in [6, 6.07) is 10.2. The van der Waals surface area contributed by atoms with Gasteiger partial charge < -0.3 is 10.5 Å². The van der Waals surface area contributed by atoms with Crippen molar-refractivity contribution < 1.29 is 4.74 Å². The van der Waals surface area contributed by atoms with Gasteiger partial charge in [0, 0.05) is 10.9 Å². The molecule has 1 aromatic carbocycles. The van der Waals surface area contributed by atoms with Gasteiger partial charge >= 0.3 is 0 Å². The van der Waals surface area contributed by atoms with Crippen LogP contribution in [0.25, 0.3) is 0 Å². The van der Waals surface area contributed by atoms with Crippen LogP contribution in [-0.2, 0) is 13.0 Å². The number of nitrogens with two attached hydrogens (primary N) is 1. The van der Waals surface area contributed by atoms with Crippen molar-refractivity contribution in [1.82, 2.24) is 0 Å². The van der Waals surface area contributed by atoms with Crippen molar-refractivity contribution in [1.29, 1.82) is 0 Å². The molecule has 0 aliphatic heterocycles. The van der Waals surface area contributed by atoms with Gasteiger partial charge in [0.1, 0.15) is 12.4 Å². The van der Waals surface area contributed by atoms with Crippen molar-refractivity contribution in [3.05, 3.63) is 50.7 Å². The fourth-order valence-electron chi connectivity index (χ4n) is 1.93. The summed E-state index contributed by atoms with van der Waals surface area (Å²) in [5, 5.41) is 0. The molecule has 0 radical (unpaired) electrons. The number of aryl methyl sites for hydroxylation is 1. The molecule has 1 atom stereocenters. The van der Waals surface area contributed by atoms with Crippen LogP contribution in [0.2, 0.25) is 4.34 Å². The molecule has 1 aromatic heterocycles. The van der Waals surface area contributed by atoms with E-state index in [0.717, 1.165) is 26.9 Å². The summed E-state index contributed by atoms with van der Waals surface area (Å²) in [6.45, 7) is 4.63. The van der Waals surface area contributed by atoms with E-state index >= 15 is 0 Å². The highest BCUT2D eigenvalue weighted by Crippen LogP contribution is 2.26. The Morgan fingerprint density at radius 3 is 2.74 bits per heavy atom. The van der Waals surface area contributed by atoms with E-state index in [4.69, 9.17) is 22.1 Å². The minimum atomic E-state index is 0.125.